The first-order valence-electron chi connectivity index (χ1n) is 10.8. The number of aromatic nitrogens is 1. The molecule has 170 valence electrons. The fraction of sp³-hybridized carbons (Fsp3) is 0.800. The number of hydrogen-bond acceptors (Lipinski definition) is 7. The van der Waals surface area contributed by atoms with Crippen LogP contribution in [0.15, 0.2) is 9.42 Å². The molecule has 30 heavy (non-hydrogen) atoms. The van der Waals surface area contributed by atoms with Crippen LogP contribution in [0.5, 0.6) is 0 Å². The van der Waals surface area contributed by atoms with Gasteiger partial charge in [0.15, 0.2) is 5.76 Å². The summed E-state index contributed by atoms with van der Waals surface area (Å²) < 4.78 is 38.1. The molecule has 1 amide bonds. The van der Waals surface area contributed by atoms with Gasteiger partial charge in [0.1, 0.15) is 10.6 Å². The minimum atomic E-state index is -3.64. The number of ether oxygens (including phenoxy) is 1. The summed E-state index contributed by atoms with van der Waals surface area (Å²) in [6.07, 6.45) is 1.96. The van der Waals surface area contributed by atoms with Crippen LogP contribution in [-0.2, 0) is 19.6 Å². The van der Waals surface area contributed by atoms with Crippen molar-refractivity contribution in [3.63, 3.8) is 0 Å². The maximum atomic E-state index is 13.1. The number of amides is 1. The van der Waals surface area contributed by atoms with E-state index in [0.717, 1.165) is 39.3 Å². The summed E-state index contributed by atoms with van der Waals surface area (Å²) in [7, 11) is -3.64. The Balaban J connectivity index is 1.52. The predicted molar refractivity (Wildman–Crippen MR) is 112 cm³/mol. The van der Waals surface area contributed by atoms with Crippen LogP contribution in [0.2, 0.25) is 0 Å². The highest BCUT2D eigenvalue weighted by Gasteiger charge is 2.38. The van der Waals surface area contributed by atoms with Crippen molar-refractivity contribution in [2.45, 2.75) is 44.9 Å². The van der Waals surface area contributed by atoms with Crippen molar-refractivity contribution >= 4 is 15.9 Å². The number of rotatable bonds is 8. The Bertz CT molecular complexity index is 800. The van der Waals surface area contributed by atoms with Gasteiger partial charge in [-0.15, -0.1) is 0 Å². The molecule has 1 aromatic rings. The van der Waals surface area contributed by atoms with E-state index >= 15 is 0 Å². The number of nitrogens with zero attached hydrogens (tertiary/aromatic N) is 3. The lowest BCUT2D eigenvalue weighted by Gasteiger charge is -2.37. The second kappa shape index (κ2) is 10.2. The van der Waals surface area contributed by atoms with Crippen LogP contribution in [0.4, 0.5) is 0 Å². The van der Waals surface area contributed by atoms with Gasteiger partial charge in [0.25, 0.3) is 0 Å². The number of piperidine rings is 1. The standard InChI is InChI=1S/C20H34N4O5S/c1-4-17-14-24(30(26,27)20-15(2)22-29-16(20)3)7-5-18(17)13-19(25)21-6-8-23-9-11-28-12-10-23/h17-18H,4-14H2,1-3H3,(H,21,25)/t17-,18-/m0/s1. The Morgan fingerprint density at radius 3 is 2.57 bits per heavy atom. The van der Waals surface area contributed by atoms with Gasteiger partial charge in [0, 0.05) is 45.7 Å². The minimum absolute atomic E-state index is 0.0498. The van der Waals surface area contributed by atoms with E-state index in [9.17, 15) is 13.2 Å². The van der Waals surface area contributed by atoms with Crippen LogP contribution < -0.4 is 5.32 Å². The molecule has 3 heterocycles. The highest BCUT2D eigenvalue weighted by Crippen LogP contribution is 2.33. The molecule has 1 N–H and O–H groups in total. The molecular formula is C20H34N4O5S. The van der Waals surface area contributed by atoms with Gasteiger partial charge in [-0.2, -0.15) is 4.31 Å². The van der Waals surface area contributed by atoms with Crippen LogP contribution in [-0.4, -0.2) is 81.2 Å². The van der Waals surface area contributed by atoms with Crippen LogP contribution in [0.25, 0.3) is 0 Å². The molecular weight excluding hydrogens is 408 g/mol. The van der Waals surface area contributed by atoms with Gasteiger partial charge in [0.05, 0.1) is 13.2 Å². The van der Waals surface area contributed by atoms with Gasteiger partial charge >= 0.3 is 0 Å². The van der Waals surface area contributed by atoms with Crippen molar-refractivity contribution in [1.29, 1.82) is 0 Å². The van der Waals surface area contributed by atoms with Gasteiger partial charge in [-0.25, -0.2) is 8.42 Å². The lowest BCUT2D eigenvalue weighted by molar-refractivity contribution is -0.122. The van der Waals surface area contributed by atoms with Crippen molar-refractivity contribution in [3.8, 4) is 0 Å². The number of morpholine rings is 1. The van der Waals surface area contributed by atoms with Crippen molar-refractivity contribution in [3.05, 3.63) is 11.5 Å². The Hall–Kier alpha value is -1.49. The topological polar surface area (TPSA) is 105 Å². The molecule has 9 nitrogen and oxygen atoms in total. The Kier molecular flexibility index (Phi) is 7.89. The van der Waals surface area contributed by atoms with Crippen LogP contribution in [0.1, 0.15) is 37.6 Å². The summed E-state index contributed by atoms with van der Waals surface area (Å²) in [4.78, 5) is 14.9. The van der Waals surface area contributed by atoms with E-state index in [1.54, 1.807) is 13.8 Å². The highest BCUT2D eigenvalue weighted by molar-refractivity contribution is 7.89. The second-order valence-electron chi connectivity index (χ2n) is 8.24. The van der Waals surface area contributed by atoms with Crippen molar-refractivity contribution in [2.75, 3.05) is 52.5 Å². The Morgan fingerprint density at radius 1 is 1.20 bits per heavy atom. The predicted octanol–water partition coefficient (Wildman–Crippen LogP) is 1.17. The van der Waals surface area contributed by atoms with E-state index < -0.39 is 10.0 Å². The molecule has 2 saturated heterocycles. The summed E-state index contributed by atoms with van der Waals surface area (Å²) in [5.41, 5.74) is 0.391. The molecule has 2 aliphatic heterocycles. The lowest BCUT2D eigenvalue weighted by Crippen LogP contribution is -2.45. The van der Waals surface area contributed by atoms with Gasteiger partial charge in [-0.1, -0.05) is 18.5 Å². The third-order valence-electron chi connectivity index (χ3n) is 6.25. The molecule has 2 atom stereocenters. The summed E-state index contributed by atoms with van der Waals surface area (Å²) in [6, 6.07) is 0. The molecule has 2 aliphatic rings. The zero-order valence-electron chi connectivity index (χ0n) is 18.2. The number of carbonyl (C=O) groups excluding carboxylic acids is 1. The molecule has 2 fully saturated rings. The van der Waals surface area contributed by atoms with E-state index in [-0.39, 0.29) is 22.6 Å². The molecule has 0 aliphatic carbocycles. The molecule has 0 unspecified atom stereocenters. The van der Waals surface area contributed by atoms with Crippen LogP contribution >= 0.6 is 0 Å². The largest absolute Gasteiger partial charge is 0.379 e. The summed E-state index contributed by atoms with van der Waals surface area (Å²) >= 11 is 0. The van der Waals surface area contributed by atoms with Gasteiger partial charge in [0.2, 0.25) is 15.9 Å². The van der Waals surface area contributed by atoms with Gasteiger partial charge < -0.3 is 14.6 Å². The quantitative estimate of drug-likeness (QED) is 0.644. The first-order chi connectivity index (χ1) is 14.3. The molecule has 0 aromatic carbocycles. The fourth-order valence-electron chi connectivity index (χ4n) is 4.46. The lowest BCUT2D eigenvalue weighted by atomic mass is 9.82. The molecule has 0 bridgehead atoms. The third kappa shape index (κ3) is 5.40. The maximum Gasteiger partial charge on any atom is 0.248 e. The highest BCUT2D eigenvalue weighted by atomic mass is 32.2. The van der Waals surface area contributed by atoms with Crippen molar-refractivity contribution in [1.82, 2.24) is 19.7 Å². The molecule has 0 radical (unpaired) electrons. The zero-order chi connectivity index (χ0) is 21.7. The average Bonchev–Trinajstić information content (AvgIpc) is 3.07. The van der Waals surface area contributed by atoms with Crippen LogP contribution in [0, 0.1) is 25.7 Å². The first kappa shape index (κ1) is 23.2. The summed E-state index contributed by atoms with van der Waals surface area (Å²) in [5, 5.41) is 6.82. The molecule has 1 aromatic heterocycles. The maximum absolute atomic E-state index is 13.1. The monoisotopic (exact) mass is 442 g/mol. The molecule has 3 rings (SSSR count). The van der Waals surface area contributed by atoms with Crippen molar-refractivity contribution in [2.24, 2.45) is 11.8 Å². The SMILES string of the molecule is CC[C@H]1CN(S(=O)(=O)c2c(C)noc2C)CC[C@H]1CC(=O)NCCN1CCOCC1. The van der Waals surface area contributed by atoms with E-state index in [1.165, 1.54) is 4.31 Å². The zero-order valence-corrected chi connectivity index (χ0v) is 19.0. The van der Waals surface area contributed by atoms with E-state index in [0.29, 0.717) is 43.9 Å². The minimum Gasteiger partial charge on any atom is -0.379 e. The van der Waals surface area contributed by atoms with E-state index in [4.69, 9.17) is 9.26 Å². The first-order valence-corrected chi connectivity index (χ1v) is 12.3. The molecule has 0 saturated carbocycles. The normalized spacial score (nSPS) is 24.1. The number of carbonyl (C=O) groups is 1. The molecule has 0 spiro atoms. The van der Waals surface area contributed by atoms with Crippen LogP contribution in [0.3, 0.4) is 0 Å². The fourth-order valence-corrected chi connectivity index (χ4v) is 6.26. The number of sulfonamides is 1. The summed E-state index contributed by atoms with van der Waals surface area (Å²) in [6.45, 7) is 11.0. The Morgan fingerprint density at radius 2 is 1.93 bits per heavy atom. The van der Waals surface area contributed by atoms with E-state index in [2.05, 4.69) is 22.3 Å². The van der Waals surface area contributed by atoms with Gasteiger partial charge in [-0.3, -0.25) is 9.69 Å². The second-order valence-corrected chi connectivity index (χ2v) is 10.1. The van der Waals surface area contributed by atoms with Gasteiger partial charge in [-0.05, 0) is 32.1 Å². The Labute approximate surface area is 179 Å². The molecule has 10 heteroatoms. The van der Waals surface area contributed by atoms with Crippen molar-refractivity contribution < 1.29 is 22.5 Å². The number of aryl methyl sites for hydroxylation is 2. The third-order valence-corrected chi connectivity index (χ3v) is 8.36. The smallest absolute Gasteiger partial charge is 0.248 e. The number of hydrogen-bond donors (Lipinski definition) is 1. The average molecular weight is 443 g/mol. The summed E-state index contributed by atoms with van der Waals surface area (Å²) in [5.74, 6) is 0.713. The van der Waals surface area contributed by atoms with E-state index in [1.807, 2.05) is 0 Å². The number of nitrogens with one attached hydrogen (secondary N) is 1.